The Bertz CT molecular complexity index is 564. The van der Waals surface area contributed by atoms with Crippen LogP contribution in [0.1, 0.15) is 22.5 Å². The van der Waals surface area contributed by atoms with Crippen molar-refractivity contribution in [3.63, 3.8) is 0 Å². The van der Waals surface area contributed by atoms with Crippen LogP contribution in [0.3, 0.4) is 0 Å². The molecule has 0 spiro atoms. The Morgan fingerprint density at radius 3 is 2.95 bits per heavy atom. The molecule has 0 aliphatic carbocycles. The lowest BCUT2D eigenvalue weighted by molar-refractivity contribution is -0.0440. The molecule has 98 valence electrons. The highest BCUT2D eigenvalue weighted by molar-refractivity contribution is 6.01. The van der Waals surface area contributed by atoms with Gasteiger partial charge in [-0.1, -0.05) is 12.1 Å². The van der Waals surface area contributed by atoms with E-state index in [4.69, 9.17) is 9.47 Å². The van der Waals surface area contributed by atoms with Crippen LogP contribution >= 0.6 is 0 Å². The van der Waals surface area contributed by atoms with E-state index in [1.165, 1.54) is 6.33 Å². The number of hydrogen-bond acceptors (Lipinski definition) is 5. The molecule has 1 aliphatic rings. The minimum Gasteiger partial charge on any atom is -0.346 e. The fourth-order valence-electron chi connectivity index (χ4n) is 1.82. The molecule has 1 aliphatic heterocycles. The summed E-state index contributed by atoms with van der Waals surface area (Å²) in [6, 6.07) is 7.31. The van der Waals surface area contributed by atoms with E-state index in [1.54, 1.807) is 6.07 Å². The average molecular weight is 260 g/mol. The van der Waals surface area contributed by atoms with Crippen molar-refractivity contribution in [3.8, 4) is 0 Å². The molecule has 0 unspecified atom stereocenters. The van der Waals surface area contributed by atoms with Gasteiger partial charge in [0.25, 0.3) is 5.91 Å². The third kappa shape index (κ3) is 2.61. The molecule has 1 fully saturated rings. The number of ether oxygens (including phenoxy) is 2. The van der Waals surface area contributed by atoms with Gasteiger partial charge >= 0.3 is 0 Å². The van der Waals surface area contributed by atoms with Gasteiger partial charge in [-0.2, -0.15) is 5.10 Å². The van der Waals surface area contributed by atoms with E-state index >= 15 is 0 Å². The summed E-state index contributed by atoms with van der Waals surface area (Å²) in [5.74, 6) is -0.179. The third-order valence-corrected chi connectivity index (χ3v) is 2.67. The van der Waals surface area contributed by atoms with Crippen molar-refractivity contribution in [2.75, 3.05) is 18.5 Å². The Labute approximate surface area is 108 Å². The van der Waals surface area contributed by atoms with E-state index in [-0.39, 0.29) is 18.0 Å². The fraction of sp³-hybridized carbons (Fsp3) is 0.250. The number of carbonyl (C=O) groups is 1. The summed E-state index contributed by atoms with van der Waals surface area (Å²) >= 11 is 0. The molecule has 3 rings (SSSR count). The van der Waals surface area contributed by atoms with Crippen LogP contribution in [0.2, 0.25) is 0 Å². The van der Waals surface area contributed by atoms with Gasteiger partial charge in [0.15, 0.2) is 6.29 Å². The number of aromatic amines is 1. The maximum Gasteiger partial charge on any atom is 0.292 e. The molecule has 0 atom stereocenters. The Balaban J connectivity index is 1.74. The molecule has 1 amide bonds. The lowest BCUT2D eigenvalue weighted by atomic mass is 10.2. The average Bonchev–Trinajstić information content (AvgIpc) is 3.13. The number of aromatic nitrogens is 3. The molecular formula is C12H12N4O3. The Kier molecular flexibility index (Phi) is 3.21. The highest BCUT2D eigenvalue weighted by Crippen LogP contribution is 2.25. The second kappa shape index (κ2) is 5.17. The van der Waals surface area contributed by atoms with E-state index in [1.807, 2.05) is 18.2 Å². The van der Waals surface area contributed by atoms with E-state index in [0.29, 0.717) is 18.9 Å². The predicted molar refractivity (Wildman–Crippen MR) is 65.4 cm³/mol. The Hall–Kier alpha value is -2.25. The number of nitrogens with zero attached hydrogens (tertiary/aromatic N) is 2. The molecule has 2 aromatic rings. The van der Waals surface area contributed by atoms with Crippen molar-refractivity contribution in [1.82, 2.24) is 15.2 Å². The van der Waals surface area contributed by atoms with Gasteiger partial charge in [0.2, 0.25) is 5.82 Å². The number of benzene rings is 1. The van der Waals surface area contributed by atoms with Gasteiger partial charge in [-0.3, -0.25) is 9.89 Å². The minimum atomic E-state index is -0.359. The summed E-state index contributed by atoms with van der Waals surface area (Å²) in [4.78, 5) is 15.6. The monoisotopic (exact) mass is 260 g/mol. The molecule has 7 heteroatoms. The van der Waals surface area contributed by atoms with Crippen molar-refractivity contribution >= 4 is 11.6 Å². The van der Waals surface area contributed by atoms with Crippen molar-refractivity contribution in [1.29, 1.82) is 0 Å². The number of nitrogens with one attached hydrogen (secondary N) is 2. The largest absolute Gasteiger partial charge is 0.346 e. The van der Waals surface area contributed by atoms with E-state index in [0.717, 1.165) is 5.56 Å². The molecular weight excluding hydrogens is 248 g/mol. The number of H-pyrrole nitrogens is 1. The van der Waals surface area contributed by atoms with Crippen LogP contribution in [0, 0.1) is 0 Å². The fourth-order valence-corrected chi connectivity index (χ4v) is 1.82. The Morgan fingerprint density at radius 1 is 1.37 bits per heavy atom. The molecule has 0 saturated carbocycles. The van der Waals surface area contributed by atoms with Crippen LogP contribution in [0.5, 0.6) is 0 Å². The maximum atomic E-state index is 11.8. The molecule has 2 heterocycles. The van der Waals surface area contributed by atoms with Gasteiger partial charge in [0.1, 0.15) is 6.33 Å². The van der Waals surface area contributed by atoms with E-state index < -0.39 is 0 Å². The van der Waals surface area contributed by atoms with E-state index in [2.05, 4.69) is 20.5 Å². The van der Waals surface area contributed by atoms with Gasteiger partial charge in [-0.05, 0) is 12.1 Å². The maximum absolute atomic E-state index is 11.8. The smallest absolute Gasteiger partial charge is 0.292 e. The number of anilines is 1. The summed E-state index contributed by atoms with van der Waals surface area (Å²) in [5, 5.41) is 8.86. The van der Waals surface area contributed by atoms with Gasteiger partial charge in [-0.25, -0.2) is 4.98 Å². The predicted octanol–water partition coefficient (Wildman–Crippen LogP) is 1.10. The quantitative estimate of drug-likeness (QED) is 0.862. The first-order chi connectivity index (χ1) is 9.33. The lowest BCUT2D eigenvalue weighted by Gasteiger charge is -2.11. The first kappa shape index (κ1) is 11.8. The van der Waals surface area contributed by atoms with E-state index in [9.17, 15) is 4.79 Å². The Morgan fingerprint density at radius 2 is 2.21 bits per heavy atom. The number of rotatable bonds is 3. The molecule has 7 nitrogen and oxygen atoms in total. The first-order valence-electron chi connectivity index (χ1n) is 5.83. The van der Waals surface area contributed by atoms with Gasteiger partial charge in [0.05, 0.1) is 13.2 Å². The zero-order valence-electron chi connectivity index (χ0n) is 10.00. The minimum absolute atomic E-state index is 0.166. The SMILES string of the molecule is O=C(Nc1cccc(C2OCCO2)c1)c1ncn[nH]1. The number of amides is 1. The summed E-state index contributed by atoms with van der Waals surface area (Å²) in [6.07, 6.45) is 0.924. The summed E-state index contributed by atoms with van der Waals surface area (Å²) in [5.41, 5.74) is 1.52. The number of carbonyl (C=O) groups excluding carboxylic acids is 1. The van der Waals surface area contributed by atoms with Crippen LogP contribution in [0.15, 0.2) is 30.6 Å². The second-order valence-electron chi connectivity index (χ2n) is 3.99. The zero-order chi connectivity index (χ0) is 13.1. The van der Waals surface area contributed by atoms with Crippen molar-refractivity contribution < 1.29 is 14.3 Å². The van der Waals surface area contributed by atoms with Crippen LogP contribution in [-0.4, -0.2) is 34.3 Å². The standard InChI is InChI=1S/C12H12N4O3/c17-11(10-13-7-14-16-10)15-9-3-1-2-8(6-9)12-18-4-5-19-12/h1-3,6-7,12H,4-5H2,(H,15,17)(H,13,14,16). The van der Waals surface area contributed by atoms with Gasteiger partial charge in [0, 0.05) is 11.3 Å². The molecule has 1 aromatic heterocycles. The molecule has 0 bridgehead atoms. The van der Waals surface area contributed by atoms with Gasteiger partial charge in [-0.15, -0.1) is 0 Å². The molecule has 1 saturated heterocycles. The van der Waals surface area contributed by atoms with Crippen LogP contribution in [0.4, 0.5) is 5.69 Å². The highest BCUT2D eigenvalue weighted by Gasteiger charge is 2.18. The first-order valence-corrected chi connectivity index (χ1v) is 5.83. The van der Waals surface area contributed by atoms with Crippen molar-refractivity contribution in [2.45, 2.75) is 6.29 Å². The summed E-state index contributed by atoms with van der Waals surface area (Å²) in [6.45, 7) is 1.17. The van der Waals surface area contributed by atoms with Gasteiger partial charge < -0.3 is 14.8 Å². The summed E-state index contributed by atoms with van der Waals surface area (Å²) < 4.78 is 10.8. The van der Waals surface area contributed by atoms with Crippen LogP contribution < -0.4 is 5.32 Å². The zero-order valence-corrected chi connectivity index (χ0v) is 10.00. The topological polar surface area (TPSA) is 89.1 Å². The number of hydrogen-bond donors (Lipinski definition) is 2. The van der Waals surface area contributed by atoms with Crippen LogP contribution in [-0.2, 0) is 9.47 Å². The molecule has 1 aromatic carbocycles. The molecule has 19 heavy (non-hydrogen) atoms. The normalized spacial score (nSPS) is 15.6. The second-order valence-corrected chi connectivity index (χ2v) is 3.99. The van der Waals surface area contributed by atoms with Crippen molar-refractivity contribution in [3.05, 3.63) is 42.0 Å². The van der Waals surface area contributed by atoms with Crippen molar-refractivity contribution in [2.24, 2.45) is 0 Å². The summed E-state index contributed by atoms with van der Waals surface area (Å²) in [7, 11) is 0. The molecule has 0 radical (unpaired) electrons. The molecule has 2 N–H and O–H groups in total. The highest BCUT2D eigenvalue weighted by atomic mass is 16.7. The third-order valence-electron chi connectivity index (χ3n) is 2.67. The van der Waals surface area contributed by atoms with Crippen LogP contribution in [0.25, 0.3) is 0 Å². The lowest BCUT2D eigenvalue weighted by Crippen LogP contribution is -2.14.